The average Bonchev–Trinajstić information content (AvgIpc) is 3.35. The predicted octanol–water partition coefficient (Wildman–Crippen LogP) is 4.22. The van der Waals surface area contributed by atoms with E-state index in [0.29, 0.717) is 5.56 Å². The second-order valence-corrected chi connectivity index (χ2v) is 8.52. The Hall–Kier alpha value is -4.60. The fourth-order valence-corrected chi connectivity index (χ4v) is 3.72. The normalized spacial score (nSPS) is 11.9. The van der Waals surface area contributed by atoms with Crippen LogP contribution in [0.3, 0.4) is 0 Å². The van der Waals surface area contributed by atoms with E-state index in [1.165, 1.54) is 24.3 Å². The molecule has 184 valence electrons. The molecule has 0 aliphatic heterocycles. The highest BCUT2D eigenvalue weighted by Crippen LogP contribution is 2.22. The summed E-state index contributed by atoms with van der Waals surface area (Å²) < 4.78 is 10.8. The summed E-state index contributed by atoms with van der Waals surface area (Å²) in [6.45, 7) is 3.34. The molecule has 1 amide bonds. The maximum atomic E-state index is 12.8. The first-order valence-electron chi connectivity index (χ1n) is 11.3. The molecule has 0 fully saturated rings. The van der Waals surface area contributed by atoms with Crippen LogP contribution in [0.25, 0.3) is 22.2 Å². The fourth-order valence-electron chi connectivity index (χ4n) is 3.72. The molecule has 0 aliphatic carbocycles. The van der Waals surface area contributed by atoms with Crippen LogP contribution in [0.5, 0.6) is 0 Å². The van der Waals surface area contributed by atoms with Gasteiger partial charge in [-0.15, -0.1) is 10.2 Å². The van der Waals surface area contributed by atoms with Gasteiger partial charge in [-0.2, -0.15) is 0 Å². The lowest BCUT2D eigenvalue weighted by molar-refractivity contribution is -0.384. The number of carbonyl (C=O) groups excluding carboxylic acids is 2. The van der Waals surface area contributed by atoms with Crippen LogP contribution in [0.15, 0.2) is 71.1 Å². The molecule has 0 saturated carbocycles. The minimum atomic E-state index is -0.857. The van der Waals surface area contributed by atoms with Crippen molar-refractivity contribution in [3.05, 3.63) is 88.3 Å². The second kappa shape index (κ2) is 10.8. The molecule has 0 unspecified atom stereocenters. The molecule has 0 bridgehead atoms. The number of non-ortho nitro benzene ring substituents is 1. The zero-order chi connectivity index (χ0) is 25.7. The molecule has 0 radical (unpaired) electrons. The van der Waals surface area contributed by atoms with Gasteiger partial charge in [0.25, 0.3) is 11.6 Å². The van der Waals surface area contributed by atoms with Crippen molar-refractivity contribution in [2.75, 3.05) is 0 Å². The number of aromatic nitrogens is 2. The van der Waals surface area contributed by atoms with Crippen molar-refractivity contribution in [3.63, 3.8) is 0 Å². The Morgan fingerprint density at radius 3 is 2.47 bits per heavy atom. The summed E-state index contributed by atoms with van der Waals surface area (Å²) in [5.41, 5.74) is 1.30. The quantitative estimate of drug-likeness (QED) is 0.210. The standard InChI is InChI=1S/C26H24N4O6/c1-16(2)24(27-22(31)14-19-8-5-7-17-6-3-4-9-21(17)19)26(32)35-15-23-28-29-25(36-23)18-10-12-20(13-11-18)30(33)34/h3-13,16,24H,14-15H2,1-2H3,(H,27,31)/t24-/m1/s1. The smallest absolute Gasteiger partial charge is 0.329 e. The first kappa shape index (κ1) is 24.5. The third-order valence-electron chi connectivity index (χ3n) is 5.60. The van der Waals surface area contributed by atoms with E-state index < -0.39 is 16.9 Å². The lowest BCUT2D eigenvalue weighted by Gasteiger charge is -2.20. The van der Waals surface area contributed by atoms with Gasteiger partial charge in [0.05, 0.1) is 11.3 Å². The number of carbonyl (C=O) groups is 2. The molecular formula is C26H24N4O6. The number of benzene rings is 3. The van der Waals surface area contributed by atoms with Crippen LogP contribution in [-0.2, 0) is 27.4 Å². The molecule has 36 heavy (non-hydrogen) atoms. The molecule has 3 aromatic carbocycles. The third kappa shape index (κ3) is 5.72. The largest absolute Gasteiger partial charge is 0.454 e. The Kier molecular flexibility index (Phi) is 7.33. The number of hydrogen-bond acceptors (Lipinski definition) is 8. The van der Waals surface area contributed by atoms with E-state index >= 15 is 0 Å². The van der Waals surface area contributed by atoms with E-state index in [1.807, 2.05) is 56.3 Å². The summed E-state index contributed by atoms with van der Waals surface area (Å²) in [7, 11) is 0. The van der Waals surface area contributed by atoms with Crippen LogP contribution in [0.4, 0.5) is 5.69 Å². The summed E-state index contributed by atoms with van der Waals surface area (Å²) in [6, 6.07) is 18.3. The zero-order valence-electron chi connectivity index (χ0n) is 19.7. The Bertz CT molecular complexity index is 1390. The fraction of sp³-hybridized carbons (Fsp3) is 0.231. The predicted molar refractivity (Wildman–Crippen MR) is 131 cm³/mol. The van der Waals surface area contributed by atoms with Gasteiger partial charge in [-0.3, -0.25) is 14.9 Å². The highest BCUT2D eigenvalue weighted by atomic mass is 16.6. The Labute approximate surface area is 206 Å². The Morgan fingerprint density at radius 2 is 1.75 bits per heavy atom. The highest BCUT2D eigenvalue weighted by molar-refractivity contribution is 5.91. The van der Waals surface area contributed by atoms with Gasteiger partial charge in [-0.1, -0.05) is 56.3 Å². The van der Waals surface area contributed by atoms with Gasteiger partial charge in [0.2, 0.25) is 11.8 Å². The Balaban J connectivity index is 1.36. The van der Waals surface area contributed by atoms with E-state index in [9.17, 15) is 19.7 Å². The van der Waals surface area contributed by atoms with Crippen LogP contribution in [-0.4, -0.2) is 33.0 Å². The van der Waals surface area contributed by atoms with Gasteiger partial charge >= 0.3 is 5.97 Å². The van der Waals surface area contributed by atoms with Crippen molar-refractivity contribution in [1.29, 1.82) is 0 Å². The van der Waals surface area contributed by atoms with Gasteiger partial charge in [0.1, 0.15) is 6.04 Å². The van der Waals surface area contributed by atoms with E-state index in [4.69, 9.17) is 9.15 Å². The number of nitrogens with zero attached hydrogens (tertiary/aromatic N) is 3. The lowest BCUT2D eigenvalue weighted by atomic mass is 10.0. The molecule has 0 saturated heterocycles. The number of ether oxygens (including phenoxy) is 1. The molecule has 4 aromatic rings. The minimum Gasteiger partial charge on any atom is -0.454 e. The van der Waals surface area contributed by atoms with Crippen LogP contribution in [0.1, 0.15) is 25.3 Å². The second-order valence-electron chi connectivity index (χ2n) is 8.52. The number of rotatable bonds is 9. The van der Waals surface area contributed by atoms with Gasteiger partial charge in [0, 0.05) is 17.7 Å². The molecule has 1 N–H and O–H groups in total. The minimum absolute atomic E-state index is 0.0568. The molecule has 10 heteroatoms. The van der Waals surface area contributed by atoms with Crippen molar-refractivity contribution in [2.24, 2.45) is 5.92 Å². The van der Waals surface area contributed by atoms with Gasteiger partial charge < -0.3 is 14.5 Å². The first-order chi connectivity index (χ1) is 17.3. The van der Waals surface area contributed by atoms with E-state index in [2.05, 4.69) is 15.5 Å². The maximum Gasteiger partial charge on any atom is 0.329 e. The molecular weight excluding hydrogens is 464 g/mol. The number of fused-ring (bicyclic) bond motifs is 1. The monoisotopic (exact) mass is 488 g/mol. The molecule has 1 atom stereocenters. The van der Waals surface area contributed by atoms with Crippen molar-refractivity contribution in [3.8, 4) is 11.5 Å². The summed E-state index contributed by atoms with van der Waals surface area (Å²) in [5.74, 6) is -0.931. The van der Waals surface area contributed by atoms with Crippen LogP contribution in [0.2, 0.25) is 0 Å². The molecule has 4 rings (SSSR count). The summed E-state index contributed by atoms with van der Waals surface area (Å²) in [4.78, 5) is 35.8. The number of nitrogens with one attached hydrogen (secondary N) is 1. The molecule has 1 heterocycles. The van der Waals surface area contributed by atoms with E-state index in [1.54, 1.807) is 0 Å². The SMILES string of the molecule is CC(C)[C@@H](NC(=O)Cc1cccc2ccccc12)C(=O)OCc1nnc(-c2ccc([N+](=O)[O-])cc2)o1. The summed E-state index contributed by atoms with van der Waals surface area (Å²) >= 11 is 0. The summed E-state index contributed by atoms with van der Waals surface area (Å²) in [5, 5.41) is 23.3. The average molecular weight is 489 g/mol. The van der Waals surface area contributed by atoms with Crippen molar-refractivity contribution < 1.29 is 23.7 Å². The van der Waals surface area contributed by atoms with E-state index in [0.717, 1.165) is 16.3 Å². The number of nitro benzene ring substituents is 1. The maximum absolute atomic E-state index is 12.8. The van der Waals surface area contributed by atoms with Gasteiger partial charge in [-0.25, -0.2) is 4.79 Å². The lowest BCUT2D eigenvalue weighted by Crippen LogP contribution is -2.45. The highest BCUT2D eigenvalue weighted by Gasteiger charge is 2.26. The van der Waals surface area contributed by atoms with Crippen molar-refractivity contribution in [1.82, 2.24) is 15.5 Å². The van der Waals surface area contributed by atoms with Crippen LogP contribution < -0.4 is 5.32 Å². The zero-order valence-corrected chi connectivity index (χ0v) is 19.7. The molecule has 0 spiro atoms. The number of hydrogen-bond donors (Lipinski definition) is 1. The summed E-state index contributed by atoms with van der Waals surface area (Å²) in [6.07, 6.45) is 0.125. The van der Waals surface area contributed by atoms with E-state index in [-0.39, 0.29) is 42.3 Å². The number of esters is 1. The number of amides is 1. The van der Waals surface area contributed by atoms with Gasteiger partial charge in [-0.05, 0) is 34.4 Å². The van der Waals surface area contributed by atoms with Gasteiger partial charge in [0.15, 0.2) is 6.61 Å². The molecule has 1 aromatic heterocycles. The van der Waals surface area contributed by atoms with Crippen LogP contribution in [0, 0.1) is 16.0 Å². The first-order valence-corrected chi connectivity index (χ1v) is 11.3. The van der Waals surface area contributed by atoms with Crippen molar-refractivity contribution >= 4 is 28.3 Å². The number of nitro groups is 1. The third-order valence-corrected chi connectivity index (χ3v) is 5.60. The Morgan fingerprint density at radius 1 is 1.03 bits per heavy atom. The molecule has 0 aliphatic rings. The topological polar surface area (TPSA) is 137 Å². The van der Waals surface area contributed by atoms with Crippen LogP contribution >= 0.6 is 0 Å². The van der Waals surface area contributed by atoms with Crippen molar-refractivity contribution in [2.45, 2.75) is 32.9 Å². The molecule has 10 nitrogen and oxygen atoms in total.